The number of ketones is 2. The van der Waals surface area contributed by atoms with Crippen molar-refractivity contribution in [3.05, 3.63) is 0 Å². The van der Waals surface area contributed by atoms with Gasteiger partial charge in [0.15, 0.2) is 0 Å². The van der Waals surface area contributed by atoms with Crippen LogP contribution in [0.25, 0.3) is 0 Å². The summed E-state index contributed by atoms with van der Waals surface area (Å²) in [6, 6.07) is 0. The highest BCUT2D eigenvalue weighted by Gasteiger charge is 2.17. The van der Waals surface area contributed by atoms with Crippen molar-refractivity contribution in [2.24, 2.45) is 5.92 Å². The van der Waals surface area contributed by atoms with Crippen LogP contribution in [-0.4, -0.2) is 11.6 Å². The molecule has 0 rings (SSSR count). The Labute approximate surface area is 170 Å². The Morgan fingerprint density at radius 3 is 1.44 bits per heavy atom. The monoisotopic (exact) mass is 380 g/mol. The van der Waals surface area contributed by atoms with Crippen LogP contribution in [-0.2, 0) is 9.59 Å². The summed E-state index contributed by atoms with van der Waals surface area (Å²) in [7, 11) is 0. The molecule has 0 saturated carbocycles. The summed E-state index contributed by atoms with van der Waals surface area (Å²) in [5.74, 6) is 0.477. The number of unbranched alkanes of at least 4 members (excludes halogenated alkanes) is 14. The van der Waals surface area contributed by atoms with E-state index in [-0.39, 0.29) is 11.7 Å². The zero-order chi connectivity index (χ0) is 20.2. The lowest BCUT2D eigenvalue weighted by atomic mass is 9.91. The van der Waals surface area contributed by atoms with E-state index in [2.05, 4.69) is 13.8 Å². The summed E-state index contributed by atoms with van der Waals surface area (Å²) in [6.07, 6.45) is 22.8. The van der Waals surface area contributed by atoms with Crippen molar-refractivity contribution in [3.63, 3.8) is 0 Å². The molecule has 0 aromatic heterocycles. The Hall–Kier alpha value is -0.660. The SMILES string of the molecule is CCCCCCCCCCCCCCCC(=O)C[C@@H](CCCCC)C(C)=O. The van der Waals surface area contributed by atoms with Gasteiger partial charge >= 0.3 is 0 Å². The summed E-state index contributed by atoms with van der Waals surface area (Å²) in [4.78, 5) is 23.9. The number of hydrogen-bond donors (Lipinski definition) is 0. The number of rotatable bonds is 21. The van der Waals surface area contributed by atoms with E-state index in [1.165, 1.54) is 77.0 Å². The molecule has 2 nitrogen and oxygen atoms in total. The zero-order valence-electron chi connectivity index (χ0n) is 18.8. The van der Waals surface area contributed by atoms with Crippen LogP contribution < -0.4 is 0 Å². The minimum absolute atomic E-state index is 0.0222. The Morgan fingerprint density at radius 2 is 1.00 bits per heavy atom. The molecule has 0 aliphatic heterocycles. The number of carbonyl (C=O) groups excluding carboxylic acids is 2. The van der Waals surface area contributed by atoms with Crippen LogP contribution in [0.15, 0.2) is 0 Å². The maximum atomic E-state index is 12.1. The molecular formula is C25H48O2. The van der Waals surface area contributed by atoms with Gasteiger partial charge in [-0.25, -0.2) is 0 Å². The first-order chi connectivity index (χ1) is 13.1. The van der Waals surface area contributed by atoms with Crippen LogP contribution in [0, 0.1) is 5.92 Å². The minimum Gasteiger partial charge on any atom is -0.300 e. The standard InChI is InChI=1S/C25H48O2/c1-4-6-8-9-10-11-12-13-14-15-16-17-19-21-25(27)22-24(23(3)26)20-18-7-5-2/h24H,4-22H2,1-3H3/t24-/m1/s1. The Balaban J connectivity index is 3.47. The van der Waals surface area contributed by atoms with Crippen molar-refractivity contribution in [1.29, 1.82) is 0 Å². The summed E-state index contributed by atoms with van der Waals surface area (Å²) in [5.41, 5.74) is 0. The highest BCUT2D eigenvalue weighted by atomic mass is 16.1. The molecule has 0 bridgehead atoms. The van der Waals surface area contributed by atoms with E-state index in [4.69, 9.17) is 0 Å². The topological polar surface area (TPSA) is 34.1 Å². The molecule has 0 unspecified atom stereocenters. The van der Waals surface area contributed by atoms with Gasteiger partial charge in [-0.2, -0.15) is 0 Å². The van der Waals surface area contributed by atoms with Crippen molar-refractivity contribution in [2.75, 3.05) is 0 Å². The minimum atomic E-state index is -0.0222. The summed E-state index contributed by atoms with van der Waals surface area (Å²) in [6.45, 7) is 6.09. The fourth-order valence-corrected chi connectivity index (χ4v) is 3.81. The molecule has 1 atom stereocenters. The second-order valence-electron chi connectivity index (χ2n) is 8.54. The first-order valence-electron chi connectivity index (χ1n) is 12.1. The molecule has 0 spiro atoms. The van der Waals surface area contributed by atoms with Gasteiger partial charge in [-0.1, -0.05) is 110 Å². The van der Waals surface area contributed by atoms with E-state index in [0.717, 1.165) is 32.1 Å². The predicted molar refractivity (Wildman–Crippen MR) is 118 cm³/mol. The molecule has 0 radical (unpaired) electrons. The molecular weight excluding hydrogens is 332 g/mol. The van der Waals surface area contributed by atoms with E-state index in [0.29, 0.717) is 18.6 Å². The largest absolute Gasteiger partial charge is 0.300 e. The van der Waals surface area contributed by atoms with E-state index in [9.17, 15) is 9.59 Å². The second-order valence-corrected chi connectivity index (χ2v) is 8.54. The first kappa shape index (κ1) is 26.3. The molecule has 0 aliphatic carbocycles. The van der Waals surface area contributed by atoms with Crippen LogP contribution in [0.2, 0.25) is 0 Å². The van der Waals surface area contributed by atoms with E-state index in [1.807, 2.05) is 0 Å². The van der Waals surface area contributed by atoms with Crippen LogP contribution >= 0.6 is 0 Å². The zero-order valence-corrected chi connectivity index (χ0v) is 18.8. The van der Waals surface area contributed by atoms with Crippen molar-refractivity contribution in [1.82, 2.24) is 0 Å². The Morgan fingerprint density at radius 1 is 0.593 bits per heavy atom. The van der Waals surface area contributed by atoms with Gasteiger partial charge in [-0.15, -0.1) is 0 Å². The highest BCUT2D eigenvalue weighted by Crippen LogP contribution is 2.18. The molecule has 0 fully saturated rings. The molecule has 0 N–H and O–H groups in total. The highest BCUT2D eigenvalue weighted by molar-refractivity contribution is 5.86. The Bertz CT molecular complexity index is 348. The molecule has 0 aliphatic rings. The normalized spacial score (nSPS) is 12.3. The maximum absolute atomic E-state index is 12.1. The lowest BCUT2D eigenvalue weighted by Crippen LogP contribution is -2.16. The second kappa shape index (κ2) is 20.1. The van der Waals surface area contributed by atoms with Crippen LogP contribution in [0.4, 0.5) is 0 Å². The van der Waals surface area contributed by atoms with Crippen molar-refractivity contribution in [2.45, 2.75) is 143 Å². The molecule has 27 heavy (non-hydrogen) atoms. The molecule has 0 heterocycles. The molecule has 2 heteroatoms. The number of Topliss-reactive ketones (excluding diaryl/α,β-unsaturated/α-hetero) is 2. The van der Waals surface area contributed by atoms with Gasteiger partial charge in [0.05, 0.1) is 0 Å². The van der Waals surface area contributed by atoms with Gasteiger partial charge in [-0.3, -0.25) is 9.59 Å². The summed E-state index contributed by atoms with van der Waals surface area (Å²) < 4.78 is 0. The van der Waals surface area contributed by atoms with Crippen molar-refractivity contribution >= 4 is 11.6 Å². The summed E-state index contributed by atoms with van der Waals surface area (Å²) >= 11 is 0. The third-order valence-corrected chi connectivity index (χ3v) is 5.76. The lowest BCUT2D eigenvalue weighted by molar-refractivity contribution is -0.127. The Kier molecular flexibility index (Phi) is 19.6. The smallest absolute Gasteiger partial charge is 0.133 e. The van der Waals surface area contributed by atoms with Gasteiger partial charge in [0, 0.05) is 18.8 Å². The fourth-order valence-electron chi connectivity index (χ4n) is 3.81. The average molecular weight is 381 g/mol. The van der Waals surface area contributed by atoms with E-state index >= 15 is 0 Å². The van der Waals surface area contributed by atoms with Crippen LogP contribution in [0.1, 0.15) is 143 Å². The molecule has 0 aromatic carbocycles. The van der Waals surface area contributed by atoms with E-state index < -0.39 is 0 Å². The van der Waals surface area contributed by atoms with Gasteiger partial charge in [0.25, 0.3) is 0 Å². The first-order valence-corrected chi connectivity index (χ1v) is 12.1. The van der Waals surface area contributed by atoms with Gasteiger partial charge in [-0.05, 0) is 19.8 Å². The van der Waals surface area contributed by atoms with Crippen LogP contribution in [0.5, 0.6) is 0 Å². The predicted octanol–water partition coefficient (Wildman–Crippen LogP) is 8.21. The van der Waals surface area contributed by atoms with Gasteiger partial charge in [0.1, 0.15) is 11.6 Å². The quantitative estimate of drug-likeness (QED) is 0.188. The molecule has 0 aromatic rings. The number of hydrogen-bond acceptors (Lipinski definition) is 2. The fraction of sp³-hybridized carbons (Fsp3) is 0.920. The van der Waals surface area contributed by atoms with Gasteiger partial charge in [0.2, 0.25) is 0 Å². The molecule has 160 valence electrons. The van der Waals surface area contributed by atoms with E-state index in [1.54, 1.807) is 6.92 Å². The maximum Gasteiger partial charge on any atom is 0.133 e. The summed E-state index contributed by atoms with van der Waals surface area (Å²) in [5, 5.41) is 0. The lowest BCUT2D eigenvalue weighted by Gasteiger charge is -2.12. The number of carbonyl (C=O) groups is 2. The van der Waals surface area contributed by atoms with Crippen molar-refractivity contribution < 1.29 is 9.59 Å². The van der Waals surface area contributed by atoms with Gasteiger partial charge < -0.3 is 0 Å². The molecule has 0 amide bonds. The molecule has 0 saturated heterocycles. The van der Waals surface area contributed by atoms with Crippen LogP contribution in [0.3, 0.4) is 0 Å². The average Bonchev–Trinajstić information content (AvgIpc) is 2.64. The van der Waals surface area contributed by atoms with Crippen molar-refractivity contribution in [3.8, 4) is 0 Å². The third-order valence-electron chi connectivity index (χ3n) is 5.76. The third kappa shape index (κ3) is 18.5.